The number of hydrogen-bond acceptors (Lipinski definition) is 3. The van der Waals surface area contributed by atoms with Crippen molar-refractivity contribution in [3.63, 3.8) is 0 Å². The van der Waals surface area contributed by atoms with Crippen LogP contribution in [-0.4, -0.2) is 11.7 Å². The van der Waals surface area contributed by atoms with Crippen LogP contribution in [-0.2, 0) is 4.74 Å². The highest BCUT2D eigenvalue weighted by atomic mass is 16.6. The number of amides is 1. The molecule has 0 radical (unpaired) electrons. The average Bonchev–Trinajstić information content (AvgIpc) is 1.99. The van der Waals surface area contributed by atoms with Gasteiger partial charge in [-0.2, -0.15) is 0 Å². The minimum Gasteiger partial charge on any atom is -0.444 e. The molecule has 0 aliphatic heterocycles. The second-order valence-corrected chi connectivity index (χ2v) is 4.54. The summed E-state index contributed by atoms with van der Waals surface area (Å²) in [4.78, 5) is 11.4. The Kier molecular flexibility index (Phi) is 3.39. The monoisotopic (exact) mass is 210 g/mol. The molecule has 0 fully saturated rings. The number of carbonyl (C=O) groups is 1. The lowest BCUT2D eigenvalue weighted by molar-refractivity contribution is 0.0547. The molecule has 1 amide bonds. The van der Waals surface area contributed by atoms with Gasteiger partial charge in [0.25, 0.3) is 0 Å². The fraction of sp³-hybridized carbons (Fsp3) is 0.545. The maximum atomic E-state index is 11.4. The van der Waals surface area contributed by atoms with E-state index in [-0.39, 0.29) is 0 Å². The summed E-state index contributed by atoms with van der Waals surface area (Å²) in [5.41, 5.74) is 6.68. The molecule has 4 nitrogen and oxygen atoms in total. The molecule has 4 heteroatoms. The van der Waals surface area contributed by atoms with E-state index in [0.29, 0.717) is 5.70 Å². The van der Waals surface area contributed by atoms with E-state index in [0.717, 1.165) is 18.5 Å². The Morgan fingerprint density at radius 2 is 2.20 bits per heavy atom. The van der Waals surface area contributed by atoms with Crippen molar-refractivity contribution in [3.05, 3.63) is 23.5 Å². The minimum absolute atomic E-state index is 0.445. The van der Waals surface area contributed by atoms with E-state index < -0.39 is 11.7 Å². The largest absolute Gasteiger partial charge is 0.444 e. The first-order valence-corrected chi connectivity index (χ1v) is 5.03. The zero-order chi connectivity index (χ0) is 11.5. The molecule has 0 spiro atoms. The van der Waals surface area contributed by atoms with Crippen LogP contribution in [0, 0.1) is 0 Å². The first kappa shape index (κ1) is 11.6. The summed E-state index contributed by atoms with van der Waals surface area (Å²) in [7, 11) is 0. The normalized spacial score (nSPS) is 16.5. The number of ether oxygens (including phenoxy) is 1. The second-order valence-electron chi connectivity index (χ2n) is 4.54. The molecule has 0 saturated heterocycles. The van der Waals surface area contributed by atoms with Crippen molar-refractivity contribution in [3.8, 4) is 0 Å². The van der Waals surface area contributed by atoms with Gasteiger partial charge in [-0.15, -0.1) is 0 Å². The number of nitrogens with two attached hydrogens (primary N) is 1. The number of carbonyl (C=O) groups excluding carboxylic acids is 1. The molecule has 0 heterocycles. The highest BCUT2D eigenvalue weighted by Gasteiger charge is 2.16. The van der Waals surface area contributed by atoms with Gasteiger partial charge in [0.1, 0.15) is 5.60 Å². The summed E-state index contributed by atoms with van der Waals surface area (Å²) in [6.45, 7) is 5.48. The van der Waals surface area contributed by atoms with Crippen LogP contribution < -0.4 is 11.1 Å². The third-order valence-electron chi connectivity index (χ3n) is 1.78. The van der Waals surface area contributed by atoms with Gasteiger partial charge in [0, 0.05) is 11.4 Å². The standard InChI is InChI=1S/C11H18N2O2/c1-11(2,3)15-10(14)13-9-6-4-5-8(12)7-9/h6-7H,4-5,12H2,1-3H3,(H,13,14). The van der Waals surface area contributed by atoms with Crippen molar-refractivity contribution < 1.29 is 9.53 Å². The third-order valence-corrected chi connectivity index (χ3v) is 1.78. The number of allylic oxidation sites excluding steroid dienone is 3. The molecular formula is C11H18N2O2. The average molecular weight is 210 g/mol. The molecule has 0 aromatic heterocycles. The number of alkyl carbamates (subject to hydrolysis) is 1. The van der Waals surface area contributed by atoms with Gasteiger partial charge in [-0.05, 0) is 39.7 Å². The summed E-state index contributed by atoms with van der Waals surface area (Å²) >= 11 is 0. The van der Waals surface area contributed by atoms with Crippen LogP contribution in [0.1, 0.15) is 33.6 Å². The van der Waals surface area contributed by atoms with E-state index in [4.69, 9.17) is 10.5 Å². The molecule has 0 aromatic carbocycles. The minimum atomic E-state index is -0.478. The maximum Gasteiger partial charge on any atom is 0.412 e. The van der Waals surface area contributed by atoms with Gasteiger partial charge in [0.15, 0.2) is 0 Å². The molecule has 0 bridgehead atoms. The van der Waals surface area contributed by atoms with Crippen molar-refractivity contribution in [1.29, 1.82) is 0 Å². The highest BCUT2D eigenvalue weighted by Crippen LogP contribution is 2.12. The summed E-state index contributed by atoms with van der Waals surface area (Å²) in [5, 5.41) is 2.65. The Morgan fingerprint density at radius 3 is 2.73 bits per heavy atom. The third kappa shape index (κ3) is 4.54. The van der Waals surface area contributed by atoms with Crippen LogP contribution in [0.5, 0.6) is 0 Å². The Hall–Kier alpha value is -1.45. The van der Waals surface area contributed by atoms with Crippen molar-refractivity contribution in [2.24, 2.45) is 5.73 Å². The predicted octanol–water partition coefficient (Wildman–Crippen LogP) is 2.03. The lowest BCUT2D eigenvalue weighted by Gasteiger charge is -2.20. The van der Waals surface area contributed by atoms with E-state index in [2.05, 4.69) is 5.32 Å². The van der Waals surface area contributed by atoms with E-state index in [1.807, 2.05) is 26.8 Å². The van der Waals surface area contributed by atoms with Crippen LogP contribution >= 0.6 is 0 Å². The van der Waals surface area contributed by atoms with E-state index in [1.54, 1.807) is 6.08 Å². The molecule has 1 aliphatic carbocycles. The molecule has 0 aromatic rings. The van der Waals surface area contributed by atoms with E-state index in [1.165, 1.54) is 0 Å². The molecule has 3 N–H and O–H groups in total. The smallest absolute Gasteiger partial charge is 0.412 e. The molecule has 0 saturated carbocycles. The topological polar surface area (TPSA) is 64.3 Å². The molecule has 0 atom stereocenters. The van der Waals surface area contributed by atoms with Crippen LogP contribution in [0.25, 0.3) is 0 Å². The number of rotatable bonds is 1. The Balaban J connectivity index is 2.49. The van der Waals surface area contributed by atoms with E-state index >= 15 is 0 Å². The van der Waals surface area contributed by atoms with Gasteiger partial charge in [0.2, 0.25) is 0 Å². The van der Waals surface area contributed by atoms with Gasteiger partial charge in [-0.3, -0.25) is 5.32 Å². The van der Waals surface area contributed by atoms with Crippen LogP contribution in [0.4, 0.5) is 4.79 Å². The van der Waals surface area contributed by atoms with Crippen LogP contribution in [0.2, 0.25) is 0 Å². The van der Waals surface area contributed by atoms with Gasteiger partial charge >= 0.3 is 6.09 Å². The van der Waals surface area contributed by atoms with E-state index in [9.17, 15) is 4.79 Å². The quantitative estimate of drug-likeness (QED) is 0.696. The summed E-state index contributed by atoms with van der Waals surface area (Å²) in [6.07, 6.45) is 4.94. The first-order valence-electron chi connectivity index (χ1n) is 5.03. The van der Waals surface area contributed by atoms with Gasteiger partial charge in [-0.25, -0.2) is 4.79 Å². The molecule has 1 aliphatic rings. The molecule has 1 rings (SSSR count). The van der Waals surface area contributed by atoms with Gasteiger partial charge < -0.3 is 10.5 Å². The second kappa shape index (κ2) is 4.38. The SMILES string of the molecule is CC(C)(C)OC(=O)NC1=CCCC(N)=C1. The molecular weight excluding hydrogens is 192 g/mol. The van der Waals surface area contributed by atoms with Crippen LogP contribution in [0.3, 0.4) is 0 Å². The fourth-order valence-electron chi connectivity index (χ4n) is 1.23. The highest BCUT2D eigenvalue weighted by molar-refractivity contribution is 5.70. The first-order chi connectivity index (χ1) is 6.87. The maximum absolute atomic E-state index is 11.4. The summed E-state index contributed by atoms with van der Waals surface area (Å²) < 4.78 is 5.11. The molecule has 15 heavy (non-hydrogen) atoms. The summed E-state index contributed by atoms with van der Waals surface area (Å²) in [5.74, 6) is 0. The Bertz CT molecular complexity index is 311. The van der Waals surface area contributed by atoms with Crippen molar-refractivity contribution in [1.82, 2.24) is 5.32 Å². The summed E-state index contributed by atoms with van der Waals surface area (Å²) in [6, 6.07) is 0. The van der Waals surface area contributed by atoms with Crippen molar-refractivity contribution in [2.45, 2.75) is 39.2 Å². The fourth-order valence-corrected chi connectivity index (χ4v) is 1.23. The molecule has 0 unspecified atom stereocenters. The van der Waals surface area contributed by atoms with Crippen molar-refractivity contribution in [2.75, 3.05) is 0 Å². The zero-order valence-corrected chi connectivity index (χ0v) is 9.46. The number of hydrogen-bond donors (Lipinski definition) is 2. The molecule has 84 valence electrons. The predicted molar refractivity (Wildman–Crippen MR) is 59.0 cm³/mol. The van der Waals surface area contributed by atoms with Gasteiger partial charge in [0.05, 0.1) is 0 Å². The lowest BCUT2D eigenvalue weighted by Crippen LogP contribution is -2.32. The Morgan fingerprint density at radius 1 is 1.53 bits per heavy atom. The lowest BCUT2D eigenvalue weighted by atomic mass is 10.1. The van der Waals surface area contributed by atoms with Gasteiger partial charge in [-0.1, -0.05) is 6.08 Å². The van der Waals surface area contributed by atoms with Crippen molar-refractivity contribution >= 4 is 6.09 Å². The zero-order valence-electron chi connectivity index (χ0n) is 9.46. The number of nitrogens with one attached hydrogen (secondary N) is 1. The Labute approximate surface area is 90.2 Å². The van der Waals surface area contributed by atoms with Crippen LogP contribution in [0.15, 0.2) is 23.5 Å².